The zero-order valence-corrected chi connectivity index (χ0v) is 11.5. The molecule has 92 valence electrons. The number of thiol groups is 1. The van der Waals surface area contributed by atoms with E-state index in [2.05, 4.69) is 34.8 Å². The number of ether oxygens (including phenoxy) is 1. The lowest BCUT2D eigenvalue weighted by atomic mass is 10.1. The van der Waals surface area contributed by atoms with Crippen LogP contribution in [0.5, 0.6) is 5.75 Å². The first-order valence-corrected chi connectivity index (χ1v) is 7.61. The first-order chi connectivity index (χ1) is 8.86. The third-order valence-corrected chi connectivity index (χ3v) is 4.09. The Morgan fingerprint density at radius 1 is 1.11 bits per heavy atom. The lowest BCUT2D eigenvalue weighted by Gasteiger charge is -2.30. The lowest BCUT2D eigenvalue weighted by molar-refractivity contribution is 0.289. The number of para-hydroxylation sites is 1. The summed E-state index contributed by atoms with van der Waals surface area (Å²) in [6.45, 7) is 1.48. The highest BCUT2D eigenvalue weighted by atomic mass is 33.1. The predicted octanol–water partition coefficient (Wildman–Crippen LogP) is 3.98. The maximum absolute atomic E-state index is 5.78. The molecule has 18 heavy (non-hydrogen) atoms. The average Bonchev–Trinajstić information content (AvgIpc) is 2.47. The van der Waals surface area contributed by atoms with Gasteiger partial charge in [-0.15, -0.1) is 11.7 Å². The molecule has 0 spiro atoms. The van der Waals surface area contributed by atoms with Gasteiger partial charge < -0.3 is 9.64 Å². The quantitative estimate of drug-likeness (QED) is 0.658. The van der Waals surface area contributed by atoms with Crippen LogP contribution in [0.15, 0.2) is 53.4 Å². The Bertz CT molecular complexity index is 545. The van der Waals surface area contributed by atoms with Gasteiger partial charge in [0.2, 0.25) is 0 Å². The summed E-state index contributed by atoms with van der Waals surface area (Å²) in [4.78, 5) is 3.37. The van der Waals surface area contributed by atoms with E-state index in [0.29, 0.717) is 6.73 Å². The normalized spacial score (nSPS) is 13.9. The molecule has 0 radical (unpaired) electrons. The number of rotatable bonds is 2. The topological polar surface area (TPSA) is 12.5 Å². The summed E-state index contributed by atoms with van der Waals surface area (Å²) in [7, 11) is 1.46. The molecule has 0 bridgehead atoms. The van der Waals surface area contributed by atoms with Gasteiger partial charge in [0.15, 0.2) is 6.73 Å². The fraction of sp³-hybridized carbons (Fsp3) is 0.143. The van der Waals surface area contributed by atoms with Gasteiger partial charge >= 0.3 is 0 Å². The largest absolute Gasteiger partial charge is 0.473 e. The Hall–Kier alpha value is -1.26. The molecule has 0 unspecified atom stereocenters. The van der Waals surface area contributed by atoms with E-state index in [9.17, 15) is 0 Å². The zero-order chi connectivity index (χ0) is 12.4. The van der Waals surface area contributed by atoms with Crippen molar-refractivity contribution in [2.45, 2.75) is 11.4 Å². The first kappa shape index (κ1) is 11.8. The second-order valence-electron chi connectivity index (χ2n) is 4.17. The van der Waals surface area contributed by atoms with Gasteiger partial charge in [-0.1, -0.05) is 29.0 Å². The van der Waals surface area contributed by atoms with Crippen LogP contribution in [-0.4, -0.2) is 6.73 Å². The molecule has 1 aliphatic heterocycles. The Balaban J connectivity index is 1.88. The van der Waals surface area contributed by atoms with Gasteiger partial charge in [-0.25, -0.2) is 0 Å². The number of benzene rings is 2. The molecule has 1 aliphatic rings. The van der Waals surface area contributed by atoms with Crippen molar-refractivity contribution in [3.8, 4) is 5.75 Å². The first-order valence-electron chi connectivity index (χ1n) is 5.74. The van der Waals surface area contributed by atoms with Crippen molar-refractivity contribution in [3.63, 3.8) is 0 Å². The van der Waals surface area contributed by atoms with Crippen LogP contribution in [0.3, 0.4) is 0 Å². The van der Waals surface area contributed by atoms with Gasteiger partial charge in [0.1, 0.15) is 5.75 Å². The third kappa shape index (κ3) is 2.31. The molecule has 0 fully saturated rings. The van der Waals surface area contributed by atoms with Crippen LogP contribution >= 0.6 is 22.5 Å². The molecule has 0 amide bonds. The van der Waals surface area contributed by atoms with Gasteiger partial charge in [-0.2, -0.15) is 0 Å². The summed E-state index contributed by atoms with van der Waals surface area (Å²) >= 11 is 4.23. The van der Waals surface area contributed by atoms with E-state index in [1.54, 1.807) is 0 Å². The molecule has 2 aromatic rings. The fourth-order valence-electron chi connectivity index (χ4n) is 2.08. The minimum absolute atomic E-state index is 0.602. The van der Waals surface area contributed by atoms with Crippen molar-refractivity contribution in [1.29, 1.82) is 0 Å². The van der Waals surface area contributed by atoms with Gasteiger partial charge in [0.25, 0.3) is 0 Å². The van der Waals surface area contributed by atoms with Crippen LogP contribution in [0.1, 0.15) is 5.56 Å². The van der Waals surface area contributed by atoms with E-state index >= 15 is 0 Å². The Labute approximate surface area is 116 Å². The van der Waals surface area contributed by atoms with Crippen molar-refractivity contribution in [3.05, 3.63) is 54.1 Å². The highest BCUT2D eigenvalue weighted by Crippen LogP contribution is 2.32. The standard InChI is InChI=1S/C14H13NOS2/c17-18-13-6-7-14-11(8-13)9-15(10-16-14)12-4-2-1-3-5-12/h1-8,17H,9-10H2. The molecule has 2 nitrogen and oxygen atoms in total. The molecule has 0 aromatic heterocycles. The fourth-order valence-corrected chi connectivity index (χ4v) is 2.74. The van der Waals surface area contributed by atoms with E-state index in [1.165, 1.54) is 22.0 Å². The third-order valence-electron chi connectivity index (χ3n) is 3.00. The lowest BCUT2D eigenvalue weighted by Crippen LogP contribution is -2.31. The average molecular weight is 275 g/mol. The van der Waals surface area contributed by atoms with Crippen LogP contribution in [0, 0.1) is 0 Å². The molecular weight excluding hydrogens is 262 g/mol. The molecule has 0 saturated heterocycles. The minimum Gasteiger partial charge on any atom is -0.473 e. The maximum atomic E-state index is 5.78. The maximum Gasteiger partial charge on any atom is 0.161 e. The van der Waals surface area contributed by atoms with Crippen molar-refractivity contribution in [2.75, 3.05) is 11.6 Å². The number of hydrogen-bond donors (Lipinski definition) is 1. The molecule has 0 saturated carbocycles. The van der Waals surface area contributed by atoms with Gasteiger partial charge in [-0.05, 0) is 30.3 Å². The van der Waals surface area contributed by atoms with Crippen molar-refractivity contribution in [1.82, 2.24) is 0 Å². The number of anilines is 1. The molecule has 0 N–H and O–H groups in total. The van der Waals surface area contributed by atoms with Gasteiger partial charge in [-0.3, -0.25) is 0 Å². The number of fused-ring (bicyclic) bond motifs is 1. The highest BCUT2D eigenvalue weighted by Gasteiger charge is 2.17. The molecule has 1 heterocycles. The SMILES string of the molecule is SSc1ccc2c(c1)CN(c1ccccc1)CO2. The van der Waals surface area contributed by atoms with E-state index in [1.807, 2.05) is 30.3 Å². The molecular formula is C14H13NOS2. The van der Waals surface area contributed by atoms with E-state index in [4.69, 9.17) is 4.74 Å². The molecule has 0 atom stereocenters. The molecule has 2 aromatic carbocycles. The van der Waals surface area contributed by atoms with Crippen LogP contribution < -0.4 is 9.64 Å². The van der Waals surface area contributed by atoms with Crippen molar-refractivity contribution in [2.24, 2.45) is 0 Å². The second-order valence-corrected chi connectivity index (χ2v) is 5.37. The summed E-state index contributed by atoms with van der Waals surface area (Å²) in [5.41, 5.74) is 2.40. The Kier molecular flexibility index (Phi) is 3.39. The van der Waals surface area contributed by atoms with Crippen LogP contribution in [0.4, 0.5) is 5.69 Å². The Morgan fingerprint density at radius 2 is 1.94 bits per heavy atom. The van der Waals surface area contributed by atoms with E-state index in [0.717, 1.165) is 17.2 Å². The monoisotopic (exact) mass is 275 g/mol. The van der Waals surface area contributed by atoms with Gasteiger partial charge in [0.05, 0.1) is 0 Å². The zero-order valence-electron chi connectivity index (χ0n) is 9.74. The summed E-state index contributed by atoms with van der Waals surface area (Å²) in [5.74, 6) is 0.980. The molecule has 0 aliphatic carbocycles. The van der Waals surface area contributed by atoms with Crippen LogP contribution in [0.25, 0.3) is 0 Å². The summed E-state index contributed by atoms with van der Waals surface area (Å²) in [6.07, 6.45) is 0. The minimum atomic E-state index is 0.602. The summed E-state index contributed by atoms with van der Waals surface area (Å²) < 4.78 is 5.78. The van der Waals surface area contributed by atoms with Crippen LogP contribution in [-0.2, 0) is 6.54 Å². The smallest absolute Gasteiger partial charge is 0.161 e. The summed E-state index contributed by atoms with van der Waals surface area (Å²) in [5, 5.41) is 0. The number of nitrogens with zero attached hydrogens (tertiary/aromatic N) is 1. The number of hydrogen-bond acceptors (Lipinski definition) is 4. The Morgan fingerprint density at radius 3 is 2.72 bits per heavy atom. The predicted molar refractivity (Wildman–Crippen MR) is 79.4 cm³/mol. The summed E-state index contributed by atoms with van der Waals surface area (Å²) in [6, 6.07) is 16.5. The van der Waals surface area contributed by atoms with Crippen molar-refractivity contribution >= 4 is 28.1 Å². The second kappa shape index (κ2) is 5.16. The highest BCUT2D eigenvalue weighted by molar-refractivity contribution is 8.68. The molecule has 4 heteroatoms. The van der Waals surface area contributed by atoms with Gasteiger partial charge in [0, 0.05) is 22.7 Å². The van der Waals surface area contributed by atoms with Crippen molar-refractivity contribution < 1.29 is 4.74 Å². The van der Waals surface area contributed by atoms with E-state index in [-0.39, 0.29) is 0 Å². The van der Waals surface area contributed by atoms with E-state index < -0.39 is 0 Å². The molecule has 3 rings (SSSR count). The van der Waals surface area contributed by atoms with Crippen LogP contribution in [0.2, 0.25) is 0 Å².